The molecule has 0 radical (unpaired) electrons. The van der Waals surface area contributed by atoms with Gasteiger partial charge in [0.2, 0.25) is 5.89 Å². The van der Waals surface area contributed by atoms with Crippen LogP contribution >= 0.6 is 0 Å². The topological polar surface area (TPSA) is 47.3 Å². The van der Waals surface area contributed by atoms with Crippen LogP contribution < -0.4 is 5.32 Å². The molecule has 1 aromatic rings. The van der Waals surface area contributed by atoms with Crippen molar-refractivity contribution < 1.29 is 9.15 Å². The van der Waals surface area contributed by atoms with Crippen molar-refractivity contribution in [1.82, 2.24) is 10.3 Å². The van der Waals surface area contributed by atoms with E-state index in [-0.39, 0.29) is 0 Å². The molecular weight excluding hydrogens is 168 g/mol. The normalized spacial score (nSPS) is 10.7. The highest BCUT2D eigenvalue weighted by atomic mass is 16.5. The van der Waals surface area contributed by atoms with Gasteiger partial charge < -0.3 is 14.5 Å². The van der Waals surface area contributed by atoms with E-state index in [0.717, 1.165) is 23.9 Å². The Morgan fingerprint density at radius 1 is 1.46 bits per heavy atom. The number of methoxy groups -OCH3 is 1. The van der Waals surface area contributed by atoms with Crippen LogP contribution in [0.25, 0.3) is 0 Å². The Kier molecular flexibility index (Phi) is 3.92. The zero-order chi connectivity index (χ0) is 9.68. The van der Waals surface area contributed by atoms with Gasteiger partial charge in [-0.3, -0.25) is 0 Å². The lowest BCUT2D eigenvalue weighted by Crippen LogP contribution is -2.18. The fraction of sp³-hybridized carbons (Fsp3) is 0.667. The Bertz CT molecular complexity index is 239. The molecule has 0 aliphatic heterocycles. The van der Waals surface area contributed by atoms with Gasteiger partial charge in [0, 0.05) is 13.7 Å². The third-order valence-corrected chi connectivity index (χ3v) is 1.83. The van der Waals surface area contributed by atoms with E-state index in [0.29, 0.717) is 13.2 Å². The van der Waals surface area contributed by atoms with Crippen molar-refractivity contribution in [2.45, 2.75) is 20.4 Å². The van der Waals surface area contributed by atoms with Crippen LogP contribution in [0.3, 0.4) is 0 Å². The summed E-state index contributed by atoms with van der Waals surface area (Å²) in [5.41, 5.74) is 0.962. The van der Waals surface area contributed by atoms with E-state index in [9.17, 15) is 0 Å². The minimum atomic E-state index is 0.665. The quantitative estimate of drug-likeness (QED) is 0.694. The van der Waals surface area contributed by atoms with Crippen LogP contribution in [0.5, 0.6) is 0 Å². The average molecular weight is 184 g/mol. The molecule has 0 aliphatic rings. The predicted octanol–water partition coefficient (Wildman–Crippen LogP) is 1.03. The second kappa shape index (κ2) is 4.99. The number of hydrogen-bond donors (Lipinski definition) is 1. The fourth-order valence-electron chi connectivity index (χ4n) is 0.984. The van der Waals surface area contributed by atoms with Gasteiger partial charge in [-0.05, 0) is 13.8 Å². The number of rotatable bonds is 5. The van der Waals surface area contributed by atoms with E-state index in [1.807, 2.05) is 13.8 Å². The summed E-state index contributed by atoms with van der Waals surface area (Å²) in [7, 11) is 1.68. The maximum atomic E-state index is 5.38. The molecule has 1 rings (SSSR count). The smallest absolute Gasteiger partial charge is 0.208 e. The molecule has 0 aliphatic carbocycles. The summed E-state index contributed by atoms with van der Waals surface area (Å²) < 4.78 is 10.3. The van der Waals surface area contributed by atoms with E-state index >= 15 is 0 Å². The summed E-state index contributed by atoms with van der Waals surface area (Å²) in [6, 6.07) is 0. The SMILES string of the molecule is COCCNCc1nc(C)c(C)o1. The molecule has 0 amide bonds. The molecule has 1 aromatic heterocycles. The molecule has 0 saturated carbocycles. The molecule has 1 N–H and O–H groups in total. The number of aryl methyl sites for hydroxylation is 2. The second-order valence-electron chi connectivity index (χ2n) is 2.92. The molecule has 0 spiro atoms. The Labute approximate surface area is 78.3 Å². The van der Waals surface area contributed by atoms with Gasteiger partial charge in [0.05, 0.1) is 18.8 Å². The van der Waals surface area contributed by atoms with E-state index in [4.69, 9.17) is 9.15 Å². The van der Waals surface area contributed by atoms with Crippen molar-refractivity contribution in [3.05, 3.63) is 17.3 Å². The van der Waals surface area contributed by atoms with Crippen LogP contribution in [0, 0.1) is 13.8 Å². The number of oxazole rings is 1. The maximum Gasteiger partial charge on any atom is 0.208 e. The van der Waals surface area contributed by atoms with Crippen LogP contribution in [-0.2, 0) is 11.3 Å². The van der Waals surface area contributed by atoms with Crippen molar-refractivity contribution in [3.63, 3.8) is 0 Å². The highest BCUT2D eigenvalue weighted by Gasteiger charge is 2.03. The minimum Gasteiger partial charge on any atom is -0.444 e. The summed E-state index contributed by atoms with van der Waals surface area (Å²) in [6.07, 6.45) is 0. The number of nitrogens with zero attached hydrogens (tertiary/aromatic N) is 1. The molecule has 4 nitrogen and oxygen atoms in total. The minimum absolute atomic E-state index is 0.665. The molecule has 0 unspecified atom stereocenters. The molecule has 0 bridgehead atoms. The van der Waals surface area contributed by atoms with Crippen LogP contribution in [0.2, 0.25) is 0 Å². The van der Waals surface area contributed by atoms with E-state index in [2.05, 4.69) is 10.3 Å². The second-order valence-corrected chi connectivity index (χ2v) is 2.92. The Morgan fingerprint density at radius 3 is 2.77 bits per heavy atom. The first-order valence-corrected chi connectivity index (χ1v) is 4.36. The molecule has 74 valence electrons. The molecule has 0 aromatic carbocycles. The highest BCUT2D eigenvalue weighted by molar-refractivity contribution is 5.04. The van der Waals surface area contributed by atoms with Gasteiger partial charge in [0.25, 0.3) is 0 Å². The van der Waals surface area contributed by atoms with Gasteiger partial charge in [0.1, 0.15) is 5.76 Å². The number of nitrogens with one attached hydrogen (secondary N) is 1. The van der Waals surface area contributed by atoms with Crippen LogP contribution in [-0.4, -0.2) is 25.2 Å². The summed E-state index contributed by atoms with van der Waals surface area (Å²) in [6.45, 7) is 6.05. The number of ether oxygens (including phenoxy) is 1. The summed E-state index contributed by atoms with van der Waals surface area (Å²) >= 11 is 0. The van der Waals surface area contributed by atoms with Crippen LogP contribution in [0.15, 0.2) is 4.42 Å². The lowest BCUT2D eigenvalue weighted by Gasteiger charge is -1.99. The van der Waals surface area contributed by atoms with E-state index in [1.165, 1.54) is 0 Å². The molecule has 1 heterocycles. The first kappa shape index (κ1) is 10.2. The van der Waals surface area contributed by atoms with E-state index in [1.54, 1.807) is 7.11 Å². The monoisotopic (exact) mass is 184 g/mol. The number of hydrogen-bond acceptors (Lipinski definition) is 4. The van der Waals surface area contributed by atoms with Crippen molar-refractivity contribution in [1.29, 1.82) is 0 Å². The molecular formula is C9H16N2O2. The molecule has 13 heavy (non-hydrogen) atoms. The van der Waals surface area contributed by atoms with Gasteiger partial charge >= 0.3 is 0 Å². The third kappa shape index (κ3) is 3.16. The Morgan fingerprint density at radius 2 is 2.23 bits per heavy atom. The van der Waals surface area contributed by atoms with Gasteiger partial charge in [0.15, 0.2) is 0 Å². The summed E-state index contributed by atoms with van der Waals surface area (Å²) in [5.74, 6) is 1.63. The van der Waals surface area contributed by atoms with Crippen LogP contribution in [0.1, 0.15) is 17.3 Å². The van der Waals surface area contributed by atoms with Crippen molar-refractivity contribution in [2.75, 3.05) is 20.3 Å². The first-order chi connectivity index (χ1) is 6.24. The maximum absolute atomic E-state index is 5.38. The van der Waals surface area contributed by atoms with Crippen molar-refractivity contribution in [3.8, 4) is 0 Å². The van der Waals surface area contributed by atoms with Gasteiger partial charge in [-0.2, -0.15) is 0 Å². The molecule has 0 saturated heterocycles. The molecule has 0 atom stereocenters. The predicted molar refractivity (Wildman–Crippen MR) is 49.6 cm³/mol. The van der Waals surface area contributed by atoms with Crippen molar-refractivity contribution in [2.24, 2.45) is 0 Å². The molecule has 0 fully saturated rings. The zero-order valence-electron chi connectivity index (χ0n) is 8.39. The summed E-state index contributed by atoms with van der Waals surface area (Å²) in [5, 5.41) is 3.16. The Hall–Kier alpha value is -0.870. The standard InChI is InChI=1S/C9H16N2O2/c1-7-8(2)13-9(11-7)6-10-4-5-12-3/h10H,4-6H2,1-3H3. The lowest BCUT2D eigenvalue weighted by molar-refractivity contribution is 0.198. The van der Waals surface area contributed by atoms with Gasteiger partial charge in [-0.15, -0.1) is 0 Å². The fourth-order valence-corrected chi connectivity index (χ4v) is 0.984. The molecule has 4 heteroatoms. The largest absolute Gasteiger partial charge is 0.444 e. The van der Waals surface area contributed by atoms with Gasteiger partial charge in [-0.1, -0.05) is 0 Å². The average Bonchev–Trinajstić information content (AvgIpc) is 2.41. The number of aromatic nitrogens is 1. The van der Waals surface area contributed by atoms with Crippen LogP contribution in [0.4, 0.5) is 0 Å². The zero-order valence-corrected chi connectivity index (χ0v) is 8.39. The summed E-state index contributed by atoms with van der Waals surface area (Å²) in [4.78, 5) is 4.24. The van der Waals surface area contributed by atoms with Crippen molar-refractivity contribution >= 4 is 0 Å². The first-order valence-electron chi connectivity index (χ1n) is 4.36. The van der Waals surface area contributed by atoms with Gasteiger partial charge in [-0.25, -0.2) is 4.98 Å². The lowest BCUT2D eigenvalue weighted by atomic mass is 10.4. The highest BCUT2D eigenvalue weighted by Crippen LogP contribution is 2.07. The van der Waals surface area contributed by atoms with E-state index < -0.39 is 0 Å². The third-order valence-electron chi connectivity index (χ3n) is 1.83. The Balaban J connectivity index is 2.29.